The number of nitrogens with zero attached hydrogens (tertiary/aromatic N) is 3. The van der Waals surface area contributed by atoms with Gasteiger partial charge in [-0.25, -0.2) is 9.97 Å². The van der Waals surface area contributed by atoms with Gasteiger partial charge in [0.05, 0.1) is 0 Å². The normalized spacial score (nSPS) is 19.6. The summed E-state index contributed by atoms with van der Waals surface area (Å²) in [5.74, 6) is 4.11. The highest BCUT2D eigenvalue weighted by molar-refractivity contribution is 5.50. The molecule has 2 heterocycles. The van der Waals surface area contributed by atoms with Crippen LogP contribution in [0.15, 0.2) is 6.07 Å². The molecule has 1 fully saturated rings. The van der Waals surface area contributed by atoms with E-state index in [0.29, 0.717) is 5.92 Å². The molecule has 1 aromatic heterocycles. The lowest BCUT2D eigenvalue weighted by molar-refractivity contribution is 0.568. The number of anilines is 2. The molecule has 1 aromatic rings. The monoisotopic (exact) mass is 248 g/mol. The van der Waals surface area contributed by atoms with E-state index in [-0.39, 0.29) is 0 Å². The van der Waals surface area contributed by atoms with Crippen LogP contribution in [0.25, 0.3) is 0 Å². The first-order valence-electron chi connectivity index (χ1n) is 6.95. The van der Waals surface area contributed by atoms with Crippen molar-refractivity contribution < 1.29 is 0 Å². The van der Waals surface area contributed by atoms with E-state index < -0.39 is 0 Å². The third-order valence-electron chi connectivity index (χ3n) is 3.69. The Labute approximate surface area is 110 Å². The van der Waals surface area contributed by atoms with Crippen molar-refractivity contribution in [1.82, 2.24) is 9.97 Å². The van der Waals surface area contributed by atoms with Crippen molar-refractivity contribution >= 4 is 11.6 Å². The van der Waals surface area contributed by atoms with Crippen molar-refractivity contribution in [2.24, 2.45) is 5.92 Å². The Balaban J connectivity index is 2.24. The van der Waals surface area contributed by atoms with Gasteiger partial charge >= 0.3 is 0 Å². The summed E-state index contributed by atoms with van der Waals surface area (Å²) in [6.07, 6.45) is 2.55. The average molecular weight is 248 g/mol. The largest absolute Gasteiger partial charge is 0.373 e. The Hall–Kier alpha value is -1.32. The van der Waals surface area contributed by atoms with Gasteiger partial charge in [0.2, 0.25) is 0 Å². The van der Waals surface area contributed by atoms with Crippen molar-refractivity contribution in [3.63, 3.8) is 0 Å². The van der Waals surface area contributed by atoms with Crippen LogP contribution in [0.3, 0.4) is 0 Å². The van der Waals surface area contributed by atoms with Crippen molar-refractivity contribution in [3.05, 3.63) is 11.9 Å². The smallest absolute Gasteiger partial charge is 0.135 e. The molecule has 0 amide bonds. The molecule has 0 radical (unpaired) electrons. The fourth-order valence-corrected chi connectivity index (χ4v) is 2.37. The lowest BCUT2D eigenvalue weighted by Crippen LogP contribution is -2.22. The molecular weight excluding hydrogens is 224 g/mol. The molecule has 4 heteroatoms. The predicted molar refractivity (Wildman–Crippen MR) is 76.3 cm³/mol. The molecule has 2 rings (SSSR count). The summed E-state index contributed by atoms with van der Waals surface area (Å²) in [7, 11) is 1.91. The number of nitrogens with one attached hydrogen (secondary N) is 1. The Kier molecular flexibility index (Phi) is 4.04. The van der Waals surface area contributed by atoms with Gasteiger partial charge in [0.25, 0.3) is 0 Å². The molecule has 0 saturated carbocycles. The number of aromatic nitrogens is 2. The lowest BCUT2D eigenvalue weighted by Gasteiger charge is -2.19. The van der Waals surface area contributed by atoms with Gasteiger partial charge in [-0.15, -0.1) is 0 Å². The van der Waals surface area contributed by atoms with Crippen LogP contribution in [-0.4, -0.2) is 30.1 Å². The van der Waals surface area contributed by atoms with E-state index in [1.54, 1.807) is 0 Å². The Morgan fingerprint density at radius 2 is 2.22 bits per heavy atom. The average Bonchev–Trinajstić information content (AvgIpc) is 2.86. The van der Waals surface area contributed by atoms with Crippen molar-refractivity contribution in [3.8, 4) is 0 Å². The SMILES string of the molecule is CCC1CCN(c2cc(NC)nc(C(C)C)n2)C1. The molecule has 1 aliphatic heterocycles. The second-order valence-electron chi connectivity index (χ2n) is 5.38. The van der Waals surface area contributed by atoms with Gasteiger partial charge in [0, 0.05) is 32.1 Å². The van der Waals surface area contributed by atoms with Gasteiger partial charge in [-0.05, 0) is 12.3 Å². The molecule has 0 spiro atoms. The minimum Gasteiger partial charge on any atom is -0.373 e. The quantitative estimate of drug-likeness (QED) is 0.889. The minimum atomic E-state index is 0.363. The van der Waals surface area contributed by atoms with Crippen molar-refractivity contribution in [2.45, 2.75) is 39.5 Å². The summed E-state index contributed by atoms with van der Waals surface area (Å²) in [4.78, 5) is 11.6. The van der Waals surface area contributed by atoms with Crippen LogP contribution in [0.2, 0.25) is 0 Å². The molecular formula is C14H24N4. The first kappa shape index (κ1) is 13.1. The summed E-state index contributed by atoms with van der Waals surface area (Å²) >= 11 is 0. The van der Waals surface area contributed by atoms with Crippen LogP contribution in [-0.2, 0) is 0 Å². The van der Waals surface area contributed by atoms with E-state index in [1.807, 2.05) is 7.05 Å². The van der Waals surface area contributed by atoms with E-state index >= 15 is 0 Å². The molecule has 18 heavy (non-hydrogen) atoms. The number of hydrogen-bond acceptors (Lipinski definition) is 4. The first-order valence-corrected chi connectivity index (χ1v) is 6.95. The van der Waals surface area contributed by atoms with Gasteiger partial charge in [0.15, 0.2) is 0 Å². The molecule has 4 nitrogen and oxygen atoms in total. The molecule has 1 N–H and O–H groups in total. The van der Waals surface area contributed by atoms with Crippen LogP contribution < -0.4 is 10.2 Å². The molecule has 1 atom stereocenters. The molecule has 1 unspecified atom stereocenters. The Bertz CT molecular complexity index is 403. The van der Waals surface area contributed by atoms with Gasteiger partial charge in [-0.2, -0.15) is 0 Å². The zero-order valence-electron chi connectivity index (χ0n) is 11.9. The third-order valence-corrected chi connectivity index (χ3v) is 3.69. The minimum absolute atomic E-state index is 0.363. The zero-order chi connectivity index (χ0) is 13.1. The fraction of sp³-hybridized carbons (Fsp3) is 0.714. The predicted octanol–water partition coefficient (Wildman–Crippen LogP) is 2.88. The Morgan fingerprint density at radius 3 is 2.78 bits per heavy atom. The van der Waals surface area contributed by atoms with Gasteiger partial charge in [-0.1, -0.05) is 27.2 Å². The summed E-state index contributed by atoms with van der Waals surface area (Å²) in [5.41, 5.74) is 0. The van der Waals surface area contributed by atoms with Crippen molar-refractivity contribution in [2.75, 3.05) is 30.4 Å². The lowest BCUT2D eigenvalue weighted by atomic mass is 10.1. The topological polar surface area (TPSA) is 41.0 Å². The highest BCUT2D eigenvalue weighted by Crippen LogP contribution is 2.26. The number of rotatable bonds is 4. The highest BCUT2D eigenvalue weighted by atomic mass is 15.2. The molecule has 0 aromatic carbocycles. The summed E-state index contributed by atoms with van der Waals surface area (Å²) in [6.45, 7) is 8.80. The van der Waals surface area contributed by atoms with E-state index in [1.165, 1.54) is 12.8 Å². The van der Waals surface area contributed by atoms with Gasteiger partial charge in [0.1, 0.15) is 17.5 Å². The maximum atomic E-state index is 4.71. The molecule has 100 valence electrons. The van der Waals surface area contributed by atoms with E-state index in [0.717, 1.165) is 36.5 Å². The van der Waals surface area contributed by atoms with E-state index in [4.69, 9.17) is 4.98 Å². The van der Waals surface area contributed by atoms with E-state index in [9.17, 15) is 0 Å². The highest BCUT2D eigenvalue weighted by Gasteiger charge is 2.23. The third kappa shape index (κ3) is 2.74. The maximum absolute atomic E-state index is 4.71. The Morgan fingerprint density at radius 1 is 1.44 bits per heavy atom. The standard InChI is InChI=1S/C14H24N4/c1-5-11-6-7-18(9-11)13-8-12(15-4)16-14(17-13)10(2)3/h8,10-11H,5-7,9H2,1-4H3,(H,15,16,17). The van der Waals surface area contributed by atoms with Gasteiger partial charge in [-0.3, -0.25) is 0 Å². The second kappa shape index (κ2) is 5.55. The van der Waals surface area contributed by atoms with Crippen LogP contribution >= 0.6 is 0 Å². The molecule has 1 saturated heterocycles. The summed E-state index contributed by atoms with van der Waals surface area (Å²) in [6, 6.07) is 2.06. The molecule has 1 aliphatic rings. The van der Waals surface area contributed by atoms with Gasteiger partial charge < -0.3 is 10.2 Å². The zero-order valence-corrected chi connectivity index (χ0v) is 11.9. The first-order chi connectivity index (χ1) is 8.63. The van der Waals surface area contributed by atoms with Crippen molar-refractivity contribution in [1.29, 1.82) is 0 Å². The van der Waals surface area contributed by atoms with Crippen LogP contribution in [0, 0.1) is 5.92 Å². The maximum Gasteiger partial charge on any atom is 0.135 e. The summed E-state index contributed by atoms with van der Waals surface area (Å²) < 4.78 is 0. The molecule has 0 aliphatic carbocycles. The van der Waals surface area contributed by atoms with E-state index in [2.05, 4.69) is 42.0 Å². The fourth-order valence-electron chi connectivity index (χ4n) is 2.37. The summed E-state index contributed by atoms with van der Waals surface area (Å²) in [5, 5.41) is 3.13. The van der Waals surface area contributed by atoms with Crippen LogP contribution in [0.4, 0.5) is 11.6 Å². The molecule has 0 bridgehead atoms. The van der Waals surface area contributed by atoms with Crippen LogP contribution in [0.5, 0.6) is 0 Å². The van der Waals surface area contributed by atoms with Crippen LogP contribution in [0.1, 0.15) is 45.4 Å². The number of hydrogen-bond donors (Lipinski definition) is 1. The second-order valence-corrected chi connectivity index (χ2v) is 5.38.